The number of aryl methyl sites for hydroxylation is 1. The van der Waals surface area contributed by atoms with E-state index in [0.717, 1.165) is 30.5 Å². The molecular formula is C30H36ClFN4O5. The van der Waals surface area contributed by atoms with Crippen molar-refractivity contribution in [3.63, 3.8) is 0 Å². The fourth-order valence-electron chi connectivity index (χ4n) is 5.42. The highest BCUT2D eigenvalue weighted by Gasteiger charge is 2.32. The van der Waals surface area contributed by atoms with Crippen molar-refractivity contribution in [2.24, 2.45) is 0 Å². The number of hydrogen-bond acceptors (Lipinski definition) is 7. The Bertz CT molecular complexity index is 1480. The Hall–Kier alpha value is -3.18. The number of aliphatic hydroxyl groups excluding tert-OH is 1. The molecule has 9 nitrogen and oxygen atoms in total. The molecule has 1 aliphatic heterocycles. The highest BCUT2D eigenvalue weighted by atomic mass is 35.5. The van der Waals surface area contributed by atoms with Gasteiger partial charge >= 0.3 is 0 Å². The van der Waals surface area contributed by atoms with Crippen LogP contribution in [0.25, 0.3) is 10.9 Å². The lowest BCUT2D eigenvalue weighted by Gasteiger charge is -2.37. The SMILES string of the molecule is COc1c(N2CCN(CCOCCO)CC2)c(F)cc2c(=O)c(C(=O)NCc3ccc(Cl)cc3C)cn(C3CC3)c12. The molecule has 2 heterocycles. The second-order valence-corrected chi connectivity index (χ2v) is 11.0. The number of hydrogen-bond donors (Lipinski definition) is 2. The number of benzene rings is 2. The smallest absolute Gasteiger partial charge is 0.257 e. The minimum Gasteiger partial charge on any atom is -0.492 e. The zero-order chi connectivity index (χ0) is 29.1. The number of nitrogens with one attached hydrogen (secondary N) is 1. The molecule has 1 aromatic heterocycles. The van der Waals surface area contributed by atoms with Gasteiger partial charge in [0.25, 0.3) is 5.91 Å². The molecule has 1 saturated heterocycles. The monoisotopic (exact) mass is 586 g/mol. The molecule has 0 radical (unpaired) electrons. The summed E-state index contributed by atoms with van der Waals surface area (Å²) in [6.45, 7) is 6.29. The van der Waals surface area contributed by atoms with Crippen LogP contribution >= 0.6 is 11.6 Å². The summed E-state index contributed by atoms with van der Waals surface area (Å²) in [5.74, 6) is -0.751. The maximum Gasteiger partial charge on any atom is 0.257 e. The van der Waals surface area contributed by atoms with Crippen molar-refractivity contribution in [2.45, 2.75) is 32.4 Å². The molecule has 5 rings (SSSR count). The number of carbonyl (C=O) groups excluding carboxylic acids is 1. The number of nitrogens with zero attached hydrogens (tertiary/aromatic N) is 3. The van der Waals surface area contributed by atoms with E-state index in [0.29, 0.717) is 61.4 Å². The number of ether oxygens (including phenoxy) is 2. The first kappa shape index (κ1) is 29.3. The Labute approximate surface area is 243 Å². The van der Waals surface area contributed by atoms with Gasteiger partial charge in [-0.2, -0.15) is 0 Å². The predicted molar refractivity (Wildman–Crippen MR) is 157 cm³/mol. The van der Waals surface area contributed by atoms with Crippen molar-refractivity contribution in [3.8, 4) is 5.75 Å². The van der Waals surface area contributed by atoms with Gasteiger partial charge in [-0.1, -0.05) is 17.7 Å². The van der Waals surface area contributed by atoms with Gasteiger partial charge in [0.1, 0.15) is 11.3 Å². The van der Waals surface area contributed by atoms with Crippen molar-refractivity contribution in [3.05, 3.63) is 68.2 Å². The van der Waals surface area contributed by atoms with Crippen molar-refractivity contribution < 1.29 is 23.8 Å². The molecule has 1 saturated carbocycles. The first-order valence-corrected chi connectivity index (χ1v) is 14.3. The molecule has 0 spiro atoms. The molecule has 41 heavy (non-hydrogen) atoms. The number of halogens is 2. The molecule has 0 unspecified atom stereocenters. The lowest BCUT2D eigenvalue weighted by atomic mass is 10.1. The summed E-state index contributed by atoms with van der Waals surface area (Å²) in [7, 11) is 1.49. The largest absolute Gasteiger partial charge is 0.492 e. The van der Waals surface area contributed by atoms with E-state index in [1.807, 2.05) is 28.5 Å². The van der Waals surface area contributed by atoms with E-state index >= 15 is 4.39 Å². The van der Waals surface area contributed by atoms with Gasteiger partial charge in [-0.25, -0.2) is 4.39 Å². The van der Waals surface area contributed by atoms with Crippen LogP contribution < -0.4 is 20.4 Å². The molecular weight excluding hydrogens is 551 g/mol. The quantitative estimate of drug-likeness (QED) is 0.332. The number of pyridine rings is 1. The molecule has 1 aliphatic carbocycles. The molecule has 2 fully saturated rings. The van der Waals surface area contributed by atoms with Crippen LogP contribution in [0, 0.1) is 12.7 Å². The zero-order valence-electron chi connectivity index (χ0n) is 23.4. The fourth-order valence-corrected chi connectivity index (χ4v) is 5.64. The second kappa shape index (κ2) is 12.8. The minimum absolute atomic E-state index is 0.00395. The number of piperazine rings is 1. The maximum absolute atomic E-state index is 15.8. The summed E-state index contributed by atoms with van der Waals surface area (Å²) in [6, 6.07) is 6.77. The van der Waals surface area contributed by atoms with E-state index in [4.69, 9.17) is 26.2 Å². The number of carbonyl (C=O) groups is 1. The number of methoxy groups -OCH3 is 1. The Kier molecular flexibility index (Phi) is 9.13. The van der Waals surface area contributed by atoms with Gasteiger partial charge in [0.2, 0.25) is 5.43 Å². The highest BCUT2D eigenvalue weighted by Crippen LogP contribution is 2.43. The first-order valence-electron chi connectivity index (χ1n) is 14.0. The molecule has 3 aromatic rings. The summed E-state index contributed by atoms with van der Waals surface area (Å²) in [5, 5.41) is 12.5. The van der Waals surface area contributed by atoms with Crippen LogP contribution in [0.4, 0.5) is 10.1 Å². The molecule has 11 heteroatoms. The second-order valence-electron chi connectivity index (χ2n) is 10.6. The molecule has 2 aliphatic rings. The van der Waals surface area contributed by atoms with Crippen LogP contribution in [-0.2, 0) is 11.3 Å². The average Bonchev–Trinajstić information content (AvgIpc) is 3.81. The van der Waals surface area contributed by atoms with Gasteiger partial charge in [0, 0.05) is 56.5 Å². The van der Waals surface area contributed by atoms with E-state index in [9.17, 15) is 9.59 Å². The van der Waals surface area contributed by atoms with Crippen molar-refractivity contribution in [1.29, 1.82) is 0 Å². The van der Waals surface area contributed by atoms with Crippen molar-refractivity contribution in [2.75, 3.05) is 64.6 Å². The van der Waals surface area contributed by atoms with Crippen LogP contribution in [0.5, 0.6) is 5.75 Å². The Morgan fingerprint density at radius 3 is 2.59 bits per heavy atom. The summed E-state index contributed by atoms with van der Waals surface area (Å²) in [5.41, 5.74) is 2.12. The fraction of sp³-hybridized carbons (Fsp3) is 0.467. The summed E-state index contributed by atoms with van der Waals surface area (Å²) < 4.78 is 28.9. The van der Waals surface area contributed by atoms with Crippen molar-refractivity contribution in [1.82, 2.24) is 14.8 Å². The van der Waals surface area contributed by atoms with Crippen LogP contribution in [-0.4, -0.2) is 80.1 Å². The average molecular weight is 587 g/mol. The Morgan fingerprint density at radius 2 is 1.93 bits per heavy atom. The summed E-state index contributed by atoms with van der Waals surface area (Å²) in [4.78, 5) is 31.1. The molecule has 1 amide bonds. The van der Waals surface area contributed by atoms with Crippen LogP contribution in [0.2, 0.25) is 5.02 Å². The number of rotatable bonds is 11. The Morgan fingerprint density at radius 1 is 1.17 bits per heavy atom. The van der Waals surface area contributed by atoms with Crippen LogP contribution in [0.1, 0.15) is 40.4 Å². The molecule has 2 aromatic carbocycles. The third-order valence-electron chi connectivity index (χ3n) is 7.81. The first-order chi connectivity index (χ1) is 19.8. The van der Waals surface area contributed by atoms with E-state index in [-0.39, 0.29) is 30.1 Å². The van der Waals surface area contributed by atoms with E-state index in [1.165, 1.54) is 13.2 Å². The van der Waals surface area contributed by atoms with Gasteiger partial charge < -0.3 is 29.4 Å². The third-order valence-corrected chi connectivity index (χ3v) is 8.04. The van der Waals surface area contributed by atoms with Gasteiger partial charge in [0.15, 0.2) is 11.6 Å². The predicted octanol–water partition coefficient (Wildman–Crippen LogP) is 3.51. The number of amides is 1. The zero-order valence-corrected chi connectivity index (χ0v) is 24.2. The third kappa shape index (κ3) is 6.35. The van der Waals surface area contributed by atoms with Gasteiger partial charge in [-0.3, -0.25) is 14.5 Å². The van der Waals surface area contributed by atoms with Gasteiger partial charge in [0.05, 0.1) is 37.8 Å². The molecule has 0 atom stereocenters. The minimum atomic E-state index is -0.553. The van der Waals surface area contributed by atoms with E-state index < -0.39 is 17.2 Å². The molecule has 0 bridgehead atoms. The van der Waals surface area contributed by atoms with Crippen molar-refractivity contribution >= 4 is 34.1 Å². The highest BCUT2D eigenvalue weighted by molar-refractivity contribution is 6.30. The lowest BCUT2D eigenvalue weighted by molar-refractivity contribution is 0.0724. The Balaban J connectivity index is 1.44. The van der Waals surface area contributed by atoms with E-state index in [1.54, 1.807) is 12.3 Å². The number of aromatic nitrogens is 1. The van der Waals surface area contributed by atoms with Gasteiger partial charge in [-0.15, -0.1) is 0 Å². The molecule has 220 valence electrons. The number of fused-ring (bicyclic) bond motifs is 1. The summed E-state index contributed by atoms with van der Waals surface area (Å²) >= 11 is 6.05. The maximum atomic E-state index is 15.8. The van der Waals surface area contributed by atoms with Crippen LogP contribution in [0.15, 0.2) is 35.3 Å². The van der Waals surface area contributed by atoms with Crippen LogP contribution in [0.3, 0.4) is 0 Å². The standard InChI is InChI=1S/C30H36ClFN4O5/c1-19-15-21(31)4-3-20(19)17-33-30(39)24-18-36(22-5-6-22)26-23(28(24)38)16-25(32)27(29(26)40-2)35-9-7-34(8-10-35)11-13-41-14-12-37/h3-4,15-16,18,22,37H,5-14,17H2,1-2H3,(H,33,39). The molecule has 2 N–H and O–H groups in total. The normalized spacial score (nSPS) is 15.9. The van der Waals surface area contributed by atoms with E-state index in [2.05, 4.69) is 10.2 Å². The number of anilines is 1. The number of aliphatic hydroxyl groups is 1. The van der Waals surface area contributed by atoms with Gasteiger partial charge in [-0.05, 0) is 49.1 Å². The topological polar surface area (TPSA) is 96.3 Å². The summed E-state index contributed by atoms with van der Waals surface area (Å²) in [6.07, 6.45) is 3.40. The lowest BCUT2D eigenvalue weighted by Crippen LogP contribution is -2.47.